The second-order valence-corrected chi connectivity index (χ2v) is 6.10. The van der Waals surface area contributed by atoms with Gasteiger partial charge in [0.2, 0.25) is 5.91 Å². The van der Waals surface area contributed by atoms with Gasteiger partial charge in [0.1, 0.15) is 11.9 Å². The van der Waals surface area contributed by atoms with Gasteiger partial charge in [-0.05, 0) is 52.6 Å². The SMILES string of the molecule is CCn1nc(C)c(CNC(=O)[C@H](c2ccc(F)cc2)N(C)C)c1C. The molecule has 130 valence electrons. The Morgan fingerprint density at radius 3 is 2.42 bits per heavy atom. The van der Waals surface area contributed by atoms with Crippen LogP contribution in [0.2, 0.25) is 0 Å². The van der Waals surface area contributed by atoms with Crippen molar-refractivity contribution in [3.05, 3.63) is 52.6 Å². The van der Waals surface area contributed by atoms with Crippen LogP contribution in [-0.4, -0.2) is 34.7 Å². The van der Waals surface area contributed by atoms with Crippen LogP contribution in [0.25, 0.3) is 0 Å². The molecule has 0 aliphatic carbocycles. The number of carbonyl (C=O) groups excluding carboxylic acids is 1. The van der Waals surface area contributed by atoms with E-state index in [9.17, 15) is 9.18 Å². The summed E-state index contributed by atoms with van der Waals surface area (Å²) in [7, 11) is 3.67. The number of aryl methyl sites for hydroxylation is 2. The molecule has 0 aliphatic heterocycles. The summed E-state index contributed by atoms with van der Waals surface area (Å²) in [6.45, 7) is 7.23. The number of hydrogen-bond acceptors (Lipinski definition) is 3. The average molecular weight is 332 g/mol. The normalized spacial score (nSPS) is 12.5. The van der Waals surface area contributed by atoms with E-state index < -0.39 is 6.04 Å². The number of hydrogen-bond donors (Lipinski definition) is 1. The predicted octanol–water partition coefficient (Wildman–Crippen LogP) is 2.58. The van der Waals surface area contributed by atoms with E-state index in [1.165, 1.54) is 12.1 Å². The number of amides is 1. The fourth-order valence-corrected chi connectivity index (χ4v) is 2.90. The van der Waals surface area contributed by atoms with Crippen molar-refractivity contribution in [3.8, 4) is 0 Å². The lowest BCUT2D eigenvalue weighted by atomic mass is 10.0. The van der Waals surface area contributed by atoms with E-state index in [1.54, 1.807) is 12.1 Å². The Balaban J connectivity index is 2.14. The molecule has 1 N–H and O–H groups in total. The lowest BCUT2D eigenvalue weighted by molar-refractivity contribution is -0.125. The third kappa shape index (κ3) is 3.82. The van der Waals surface area contributed by atoms with Gasteiger partial charge in [0.25, 0.3) is 0 Å². The number of rotatable bonds is 6. The molecule has 0 bridgehead atoms. The highest BCUT2D eigenvalue weighted by atomic mass is 19.1. The molecule has 0 radical (unpaired) electrons. The van der Waals surface area contributed by atoms with E-state index in [4.69, 9.17) is 0 Å². The quantitative estimate of drug-likeness (QED) is 0.884. The van der Waals surface area contributed by atoms with E-state index in [2.05, 4.69) is 10.4 Å². The summed E-state index contributed by atoms with van der Waals surface area (Å²) in [6, 6.07) is 5.57. The minimum Gasteiger partial charge on any atom is -0.350 e. The molecule has 6 heteroatoms. The van der Waals surface area contributed by atoms with Gasteiger partial charge in [0, 0.05) is 24.3 Å². The molecular weight excluding hydrogens is 307 g/mol. The summed E-state index contributed by atoms with van der Waals surface area (Å²) < 4.78 is 15.1. The summed E-state index contributed by atoms with van der Waals surface area (Å²) in [5.74, 6) is -0.426. The summed E-state index contributed by atoms with van der Waals surface area (Å²) in [5.41, 5.74) is 3.80. The first-order chi connectivity index (χ1) is 11.3. The summed E-state index contributed by atoms with van der Waals surface area (Å²) in [5, 5.41) is 7.45. The number of halogens is 1. The highest BCUT2D eigenvalue weighted by Crippen LogP contribution is 2.20. The van der Waals surface area contributed by atoms with Crippen molar-refractivity contribution in [2.24, 2.45) is 0 Å². The van der Waals surface area contributed by atoms with Gasteiger partial charge in [-0.1, -0.05) is 12.1 Å². The Morgan fingerprint density at radius 2 is 1.92 bits per heavy atom. The van der Waals surface area contributed by atoms with Gasteiger partial charge in [0.05, 0.1) is 5.69 Å². The Labute approximate surface area is 142 Å². The van der Waals surface area contributed by atoms with Crippen LogP contribution in [0.15, 0.2) is 24.3 Å². The molecule has 0 spiro atoms. The molecule has 0 aliphatic rings. The highest BCUT2D eigenvalue weighted by Gasteiger charge is 2.23. The molecule has 2 aromatic rings. The average Bonchev–Trinajstić information content (AvgIpc) is 2.81. The molecule has 0 saturated heterocycles. The van der Waals surface area contributed by atoms with Crippen LogP contribution in [0, 0.1) is 19.7 Å². The fraction of sp³-hybridized carbons (Fsp3) is 0.444. The zero-order valence-corrected chi connectivity index (χ0v) is 14.9. The molecule has 1 atom stereocenters. The zero-order valence-electron chi connectivity index (χ0n) is 14.9. The summed E-state index contributed by atoms with van der Waals surface area (Å²) in [4.78, 5) is 14.5. The van der Waals surface area contributed by atoms with Crippen LogP contribution in [0.3, 0.4) is 0 Å². The Kier molecular flexibility index (Phi) is 5.72. The maximum atomic E-state index is 13.1. The number of nitrogens with zero attached hydrogens (tertiary/aromatic N) is 3. The number of benzene rings is 1. The van der Waals surface area contributed by atoms with Crippen molar-refractivity contribution in [2.45, 2.75) is 39.9 Å². The lowest BCUT2D eigenvalue weighted by Gasteiger charge is -2.24. The van der Waals surface area contributed by atoms with Gasteiger partial charge in [-0.3, -0.25) is 14.4 Å². The van der Waals surface area contributed by atoms with Crippen LogP contribution in [0.1, 0.15) is 35.5 Å². The van der Waals surface area contributed by atoms with E-state index in [-0.39, 0.29) is 11.7 Å². The van der Waals surface area contributed by atoms with E-state index in [0.717, 1.165) is 29.1 Å². The molecule has 5 nitrogen and oxygen atoms in total. The monoisotopic (exact) mass is 332 g/mol. The van der Waals surface area contributed by atoms with Gasteiger partial charge in [-0.25, -0.2) is 4.39 Å². The largest absolute Gasteiger partial charge is 0.350 e. The Hall–Kier alpha value is -2.21. The molecular formula is C18H25FN4O. The fourth-order valence-electron chi connectivity index (χ4n) is 2.90. The van der Waals surface area contributed by atoms with Gasteiger partial charge in [-0.15, -0.1) is 0 Å². The Morgan fingerprint density at radius 1 is 1.29 bits per heavy atom. The summed E-state index contributed by atoms with van der Waals surface area (Å²) in [6.07, 6.45) is 0. The van der Waals surface area contributed by atoms with Crippen molar-refractivity contribution < 1.29 is 9.18 Å². The van der Waals surface area contributed by atoms with Gasteiger partial charge < -0.3 is 5.32 Å². The molecule has 1 amide bonds. The first-order valence-electron chi connectivity index (χ1n) is 8.07. The van der Waals surface area contributed by atoms with Crippen molar-refractivity contribution in [1.82, 2.24) is 20.0 Å². The van der Waals surface area contributed by atoms with Crippen molar-refractivity contribution in [2.75, 3.05) is 14.1 Å². The second-order valence-electron chi connectivity index (χ2n) is 6.10. The molecule has 0 unspecified atom stereocenters. The standard InChI is InChI=1S/C18H25FN4O/c1-6-23-13(3)16(12(2)21-23)11-20-18(24)17(22(4)5)14-7-9-15(19)10-8-14/h7-10,17H,6,11H2,1-5H3,(H,20,24)/t17-/m0/s1. The van der Waals surface area contributed by atoms with Gasteiger partial charge >= 0.3 is 0 Å². The maximum Gasteiger partial charge on any atom is 0.242 e. The summed E-state index contributed by atoms with van der Waals surface area (Å²) >= 11 is 0. The zero-order chi connectivity index (χ0) is 17.9. The molecule has 24 heavy (non-hydrogen) atoms. The first kappa shape index (κ1) is 18.1. The number of likely N-dealkylation sites (N-methyl/N-ethyl adjacent to an activating group) is 1. The van der Waals surface area contributed by atoms with E-state index in [1.807, 2.05) is 44.4 Å². The molecule has 1 heterocycles. The number of nitrogens with one attached hydrogen (secondary N) is 1. The third-order valence-corrected chi connectivity index (χ3v) is 4.22. The van der Waals surface area contributed by atoms with Crippen LogP contribution in [-0.2, 0) is 17.9 Å². The minimum absolute atomic E-state index is 0.116. The first-order valence-corrected chi connectivity index (χ1v) is 8.07. The molecule has 1 aromatic carbocycles. The van der Waals surface area contributed by atoms with Crippen molar-refractivity contribution in [3.63, 3.8) is 0 Å². The Bertz CT molecular complexity index is 707. The minimum atomic E-state index is -0.465. The van der Waals surface area contributed by atoms with Crippen molar-refractivity contribution in [1.29, 1.82) is 0 Å². The van der Waals surface area contributed by atoms with Crippen LogP contribution in [0.5, 0.6) is 0 Å². The van der Waals surface area contributed by atoms with E-state index >= 15 is 0 Å². The molecule has 1 aromatic heterocycles. The van der Waals surface area contributed by atoms with Crippen LogP contribution >= 0.6 is 0 Å². The molecule has 0 fully saturated rings. The van der Waals surface area contributed by atoms with Crippen LogP contribution in [0.4, 0.5) is 4.39 Å². The number of aromatic nitrogens is 2. The maximum absolute atomic E-state index is 13.1. The smallest absolute Gasteiger partial charge is 0.242 e. The van der Waals surface area contributed by atoms with Crippen molar-refractivity contribution >= 4 is 5.91 Å². The predicted molar refractivity (Wildman–Crippen MR) is 92.0 cm³/mol. The van der Waals surface area contributed by atoms with Gasteiger partial charge in [-0.2, -0.15) is 5.10 Å². The highest BCUT2D eigenvalue weighted by molar-refractivity contribution is 5.83. The second kappa shape index (κ2) is 7.57. The topological polar surface area (TPSA) is 50.2 Å². The molecule has 2 rings (SSSR count). The third-order valence-electron chi connectivity index (χ3n) is 4.22. The van der Waals surface area contributed by atoms with E-state index in [0.29, 0.717) is 6.54 Å². The lowest BCUT2D eigenvalue weighted by Crippen LogP contribution is -2.36. The van der Waals surface area contributed by atoms with Crippen LogP contribution < -0.4 is 5.32 Å². The van der Waals surface area contributed by atoms with Gasteiger partial charge in [0.15, 0.2) is 0 Å². The molecule has 0 saturated carbocycles. The number of carbonyl (C=O) groups is 1.